The molecule has 0 radical (unpaired) electrons. The summed E-state index contributed by atoms with van der Waals surface area (Å²) in [4.78, 5) is 16.3. The first kappa shape index (κ1) is 19.5. The van der Waals surface area contributed by atoms with Crippen LogP contribution >= 0.6 is 0 Å². The molecule has 0 atom stereocenters. The van der Waals surface area contributed by atoms with Gasteiger partial charge in [-0.15, -0.1) is 0 Å². The summed E-state index contributed by atoms with van der Waals surface area (Å²) in [5.41, 5.74) is -0.894. The van der Waals surface area contributed by atoms with Crippen molar-refractivity contribution in [3.05, 3.63) is 28.8 Å². The number of amides is 1. The molecule has 4 nitrogen and oxygen atoms in total. The second-order valence-electron chi connectivity index (χ2n) is 5.81. The molecule has 134 valence electrons. The molecule has 0 unspecified atom stereocenters. The van der Waals surface area contributed by atoms with E-state index in [2.05, 4.69) is 4.93 Å². The topological polar surface area (TPSA) is 49.8 Å². The van der Waals surface area contributed by atoms with Crippen LogP contribution < -0.4 is 26.7 Å². The SMILES string of the molecule is C[I-]CCN(C(=O)c1cc2c(cc1C(F)(F)F)COB2O)C(C)C. The molecule has 0 aliphatic carbocycles. The predicted octanol–water partition coefficient (Wildman–Crippen LogP) is -1.51. The molecule has 1 heterocycles. The van der Waals surface area contributed by atoms with E-state index >= 15 is 0 Å². The Kier molecular flexibility index (Phi) is 6.19. The van der Waals surface area contributed by atoms with Gasteiger partial charge in [0, 0.05) is 0 Å². The van der Waals surface area contributed by atoms with Crippen LogP contribution in [0.25, 0.3) is 0 Å². The van der Waals surface area contributed by atoms with Crippen LogP contribution in [0.5, 0.6) is 0 Å². The van der Waals surface area contributed by atoms with Gasteiger partial charge < -0.3 is 0 Å². The minimum atomic E-state index is -4.64. The summed E-state index contributed by atoms with van der Waals surface area (Å²) in [6, 6.07) is 1.85. The molecule has 0 saturated heterocycles. The second-order valence-corrected chi connectivity index (χ2v) is 8.41. The maximum atomic E-state index is 13.4. The molecule has 0 saturated carbocycles. The average Bonchev–Trinajstić information content (AvgIpc) is 2.86. The Morgan fingerprint density at radius 2 is 2.12 bits per heavy atom. The number of hydrogen-bond donors (Lipinski definition) is 1. The number of carbonyl (C=O) groups is 1. The average molecular weight is 456 g/mol. The number of carbonyl (C=O) groups excluding carboxylic acids is 1. The van der Waals surface area contributed by atoms with Crippen LogP contribution in [-0.2, 0) is 17.4 Å². The van der Waals surface area contributed by atoms with Crippen molar-refractivity contribution in [2.75, 3.05) is 15.9 Å². The Labute approximate surface area is 149 Å². The molecule has 1 amide bonds. The summed E-state index contributed by atoms with van der Waals surface area (Å²) in [5, 5.41) is 9.75. The summed E-state index contributed by atoms with van der Waals surface area (Å²) >= 11 is -0.0667. The van der Waals surface area contributed by atoms with Crippen LogP contribution in [0.4, 0.5) is 13.2 Å². The van der Waals surface area contributed by atoms with Gasteiger partial charge in [0.05, 0.1) is 0 Å². The molecule has 0 bridgehead atoms. The van der Waals surface area contributed by atoms with Crippen molar-refractivity contribution in [3.63, 3.8) is 0 Å². The van der Waals surface area contributed by atoms with Gasteiger partial charge in [-0.05, 0) is 0 Å². The molecule has 9 heteroatoms. The van der Waals surface area contributed by atoms with E-state index in [4.69, 9.17) is 4.65 Å². The third-order valence-corrected chi connectivity index (χ3v) is 5.44. The molecule has 24 heavy (non-hydrogen) atoms. The van der Waals surface area contributed by atoms with Crippen molar-refractivity contribution in [1.82, 2.24) is 4.90 Å². The molecular weight excluding hydrogens is 437 g/mol. The normalized spacial score (nSPS) is 14.4. The first-order chi connectivity index (χ1) is 11.2. The predicted molar refractivity (Wildman–Crippen MR) is 80.8 cm³/mol. The number of rotatable bonds is 5. The molecular formula is C15H19BF3INO3-. The molecule has 1 aromatic rings. The van der Waals surface area contributed by atoms with Crippen LogP contribution in [0.15, 0.2) is 12.1 Å². The molecule has 1 aliphatic heterocycles. The minimum absolute atomic E-state index is 0.0667. The van der Waals surface area contributed by atoms with E-state index in [9.17, 15) is 23.0 Å². The van der Waals surface area contributed by atoms with Gasteiger partial charge in [-0.3, -0.25) is 0 Å². The Morgan fingerprint density at radius 3 is 2.67 bits per heavy atom. The van der Waals surface area contributed by atoms with Gasteiger partial charge in [0.15, 0.2) is 0 Å². The monoisotopic (exact) mass is 456 g/mol. The van der Waals surface area contributed by atoms with Gasteiger partial charge in [0.2, 0.25) is 0 Å². The zero-order valence-corrected chi connectivity index (χ0v) is 15.8. The zero-order chi connectivity index (χ0) is 18.1. The van der Waals surface area contributed by atoms with Gasteiger partial charge in [0.1, 0.15) is 0 Å². The fourth-order valence-corrected chi connectivity index (χ4v) is 3.61. The van der Waals surface area contributed by atoms with Crippen LogP contribution in [0, 0.1) is 0 Å². The van der Waals surface area contributed by atoms with Crippen molar-refractivity contribution in [2.24, 2.45) is 0 Å². The fourth-order valence-electron chi connectivity index (χ4n) is 2.61. The first-order valence-corrected chi connectivity index (χ1v) is 11.1. The van der Waals surface area contributed by atoms with Crippen molar-refractivity contribution >= 4 is 18.5 Å². The number of fused-ring (bicyclic) bond motifs is 1. The Morgan fingerprint density at radius 1 is 1.46 bits per heavy atom. The van der Waals surface area contributed by atoms with E-state index in [1.54, 1.807) is 13.8 Å². The Bertz CT molecular complexity index is 625. The number of hydrogen-bond acceptors (Lipinski definition) is 3. The molecule has 0 aromatic heterocycles. The molecule has 2 rings (SSSR count). The summed E-state index contributed by atoms with van der Waals surface area (Å²) in [6.07, 6.45) is -4.64. The molecule has 0 spiro atoms. The maximum absolute atomic E-state index is 13.4. The van der Waals surface area contributed by atoms with E-state index in [1.165, 1.54) is 4.90 Å². The number of nitrogens with zero attached hydrogens (tertiary/aromatic N) is 1. The summed E-state index contributed by atoms with van der Waals surface area (Å²) in [7, 11) is -1.29. The molecule has 0 fully saturated rings. The Hall–Kier alpha value is -0.805. The molecule has 1 aliphatic rings. The van der Waals surface area contributed by atoms with Crippen molar-refractivity contribution < 1.29 is 48.8 Å². The number of halogens is 4. The standard InChI is InChI=1S/C15H19BF3INO3/c1-9(2)21(5-4-20-3)14(22)11-7-13-10(8-24-16(13)23)6-12(11)15(17,18)19/h6-7,9,23H,4-5,8H2,1-3H3/q-1. The van der Waals surface area contributed by atoms with Gasteiger partial charge >= 0.3 is 150 Å². The number of benzene rings is 1. The summed E-state index contributed by atoms with van der Waals surface area (Å²) < 4.78 is 46.1. The van der Waals surface area contributed by atoms with Gasteiger partial charge in [-0.1, -0.05) is 0 Å². The summed E-state index contributed by atoms with van der Waals surface area (Å²) in [6.45, 7) is 3.91. The quantitative estimate of drug-likeness (QED) is 0.334. The van der Waals surface area contributed by atoms with Gasteiger partial charge in [0.25, 0.3) is 0 Å². The van der Waals surface area contributed by atoms with Gasteiger partial charge in [-0.25, -0.2) is 0 Å². The van der Waals surface area contributed by atoms with Crippen LogP contribution in [0.2, 0.25) is 0 Å². The van der Waals surface area contributed by atoms with Crippen molar-refractivity contribution in [1.29, 1.82) is 0 Å². The van der Waals surface area contributed by atoms with Crippen LogP contribution in [0.1, 0.15) is 35.3 Å². The third kappa shape index (κ3) is 4.05. The van der Waals surface area contributed by atoms with E-state index in [0.717, 1.165) is 16.6 Å². The summed E-state index contributed by atoms with van der Waals surface area (Å²) in [5.74, 6) is -0.656. The Balaban J connectivity index is 2.50. The molecule has 1 aromatic carbocycles. The zero-order valence-electron chi connectivity index (χ0n) is 13.7. The fraction of sp³-hybridized carbons (Fsp3) is 0.533. The first-order valence-electron chi connectivity index (χ1n) is 7.45. The van der Waals surface area contributed by atoms with E-state index < -0.39 is 30.3 Å². The number of alkyl halides is 5. The van der Waals surface area contributed by atoms with Gasteiger partial charge in [-0.2, -0.15) is 0 Å². The van der Waals surface area contributed by atoms with Crippen molar-refractivity contribution in [2.45, 2.75) is 32.7 Å². The second kappa shape index (κ2) is 7.61. The van der Waals surface area contributed by atoms with E-state index in [-0.39, 0.29) is 44.9 Å². The van der Waals surface area contributed by atoms with E-state index in [1.807, 2.05) is 0 Å². The van der Waals surface area contributed by atoms with E-state index in [0.29, 0.717) is 6.54 Å². The third-order valence-electron chi connectivity index (χ3n) is 3.88. The van der Waals surface area contributed by atoms with Crippen LogP contribution in [-0.4, -0.2) is 44.9 Å². The van der Waals surface area contributed by atoms with Crippen LogP contribution in [0.3, 0.4) is 0 Å². The van der Waals surface area contributed by atoms with Crippen molar-refractivity contribution in [3.8, 4) is 0 Å². The molecule has 1 N–H and O–H groups in total.